The van der Waals surface area contributed by atoms with Gasteiger partial charge in [-0.25, -0.2) is 9.59 Å². The first-order chi connectivity index (χ1) is 12.0. The zero-order valence-corrected chi connectivity index (χ0v) is 14.1. The van der Waals surface area contributed by atoms with Gasteiger partial charge in [0.2, 0.25) is 5.54 Å². The lowest BCUT2D eigenvalue weighted by Crippen LogP contribution is -2.56. The number of terminal acetylenes is 1. The molecule has 2 aromatic rings. The first-order valence-electron chi connectivity index (χ1n) is 7.84. The minimum atomic E-state index is -1.95. The summed E-state index contributed by atoms with van der Waals surface area (Å²) in [5.74, 6) is 1.45. The Morgan fingerprint density at radius 2 is 2.04 bits per heavy atom. The van der Waals surface area contributed by atoms with Crippen molar-refractivity contribution in [3.05, 3.63) is 30.5 Å². The van der Waals surface area contributed by atoms with E-state index in [1.165, 1.54) is 0 Å². The van der Waals surface area contributed by atoms with E-state index in [9.17, 15) is 14.7 Å². The van der Waals surface area contributed by atoms with Crippen LogP contribution in [0.1, 0.15) is 13.8 Å². The number of nitrogens with one attached hydrogen (secondary N) is 1. The number of carboxylic acid groups (broad SMARTS) is 1. The number of aromatic nitrogens is 1. The molecule has 132 valence electrons. The molecule has 0 spiro atoms. The van der Waals surface area contributed by atoms with E-state index >= 15 is 0 Å². The third-order valence-electron chi connectivity index (χ3n) is 3.66. The third kappa shape index (κ3) is 3.69. The molecule has 1 atom stereocenters. The molecule has 1 heterocycles. The molecule has 1 amide bonds. The molecule has 25 heavy (non-hydrogen) atoms. The van der Waals surface area contributed by atoms with Crippen LogP contribution in [0.4, 0.5) is 4.79 Å². The number of rotatable bonds is 7. The van der Waals surface area contributed by atoms with Crippen molar-refractivity contribution in [2.24, 2.45) is 0 Å². The van der Waals surface area contributed by atoms with Crippen LogP contribution in [0.5, 0.6) is 5.75 Å². The summed E-state index contributed by atoms with van der Waals surface area (Å²) in [4.78, 5) is 23.6. The van der Waals surface area contributed by atoms with E-state index in [2.05, 4.69) is 11.2 Å². The van der Waals surface area contributed by atoms with Gasteiger partial charge < -0.3 is 19.1 Å². The lowest BCUT2D eigenvalue weighted by Gasteiger charge is -2.25. The number of ether oxygens (including phenoxy) is 2. The molecule has 1 unspecified atom stereocenters. The number of aliphatic carboxylic acids is 1. The zero-order chi connectivity index (χ0) is 18.4. The number of hydrogen-bond acceptors (Lipinski definition) is 4. The number of benzene rings is 1. The molecule has 0 saturated heterocycles. The summed E-state index contributed by atoms with van der Waals surface area (Å²) in [5.41, 5.74) is -1.20. The van der Waals surface area contributed by atoms with Crippen molar-refractivity contribution < 1.29 is 24.2 Å². The van der Waals surface area contributed by atoms with Gasteiger partial charge in [-0.3, -0.25) is 5.32 Å². The summed E-state index contributed by atoms with van der Waals surface area (Å²) in [6.45, 7) is 3.87. The summed E-state index contributed by atoms with van der Waals surface area (Å²) in [6.07, 6.45) is 6.26. The van der Waals surface area contributed by atoms with E-state index < -0.39 is 17.6 Å². The number of para-hydroxylation sites is 1. The summed E-state index contributed by atoms with van der Waals surface area (Å²) in [5, 5.41) is 12.7. The van der Waals surface area contributed by atoms with Crippen LogP contribution in [0, 0.1) is 12.3 Å². The summed E-state index contributed by atoms with van der Waals surface area (Å²) < 4.78 is 12.0. The number of fused-ring (bicyclic) bond motifs is 1. The van der Waals surface area contributed by atoms with Gasteiger partial charge in [0.25, 0.3) is 0 Å². The third-order valence-corrected chi connectivity index (χ3v) is 3.66. The second kappa shape index (κ2) is 7.62. The molecule has 1 aromatic heterocycles. The van der Waals surface area contributed by atoms with Crippen molar-refractivity contribution in [2.75, 3.05) is 13.2 Å². The van der Waals surface area contributed by atoms with Crippen LogP contribution >= 0.6 is 0 Å². The number of hydrogen-bond donors (Lipinski definition) is 2. The molecule has 2 rings (SSSR count). The first-order valence-corrected chi connectivity index (χ1v) is 7.84. The lowest BCUT2D eigenvalue weighted by molar-refractivity contribution is -0.142. The quantitative estimate of drug-likeness (QED) is 0.752. The van der Waals surface area contributed by atoms with Crippen molar-refractivity contribution in [1.29, 1.82) is 0 Å². The Hall–Kier alpha value is -3.14. The fourth-order valence-corrected chi connectivity index (χ4v) is 2.52. The maximum absolute atomic E-state index is 11.8. The molecular formula is C18H20N2O5. The number of carbonyl (C=O) groups excluding carboxylic acids is 1. The standard InChI is InChI=1S/C18H20N2O5/c1-4-18(16(21)22,19-17(23)25-6-3)12-20-11-15(24-5-2)13-9-7-8-10-14(13)20/h1,7-11H,5-6,12H2,2-3H3,(H,19,23)(H,21,22). The van der Waals surface area contributed by atoms with Gasteiger partial charge in [-0.05, 0) is 26.0 Å². The normalized spacial score (nSPS) is 12.8. The summed E-state index contributed by atoms with van der Waals surface area (Å²) in [6, 6.07) is 7.38. The van der Waals surface area contributed by atoms with E-state index in [1.54, 1.807) is 17.7 Å². The predicted molar refractivity (Wildman–Crippen MR) is 92.5 cm³/mol. The highest BCUT2D eigenvalue weighted by Gasteiger charge is 2.40. The second-order valence-corrected chi connectivity index (χ2v) is 5.27. The number of carboxylic acids is 1. The van der Waals surface area contributed by atoms with Crippen molar-refractivity contribution >= 4 is 23.0 Å². The Kier molecular flexibility index (Phi) is 5.55. The average Bonchev–Trinajstić information content (AvgIpc) is 2.92. The smallest absolute Gasteiger partial charge is 0.408 e. The van der Waals surface area contributed by atoms with Crippen LogP contribution in [-0.2, 0) is 16.1 Å². The number of amides is 1. The SMILES string of the molecule is C#CC(Cn1cc(OCC)c2ccccc21)(NC(=O)OCC)C(=O)O. The minimum absolute atomic E-state index is 0.104. The average molecular weight is 344 g/mol. The molecular weight excluding hydrogens is 324 g/mol. The van der Waals surface area contributed by atoms with Crippen LogP contribution in [-0.4, -0.2) is 40.5 Å². The van der Waals surface area contributed by atoms with Crippen LogP contribution in [0.2, 0.25) is 0 Å². The van der Waals surface area contributed by atoms with Gasteiger partial charge in [-0.2, -0.15) is 0 Å². The van der Waals surface area contributed by atoms with Gasteiger partial charge >= 0.3 is 12.1 Å². The molecule has 0 aliphatic heterocycles. The fraction of sp³-hybridized carbons (Fsp3) is 0.333. The maximum Gasteiger partial charge on any atom is 0.408 e. The molecule has 0 aliphatic rings. The molecule has 0 saturated carbocycles. The molecule has 0 bridgehead atoms. The lowest BCUT2D eigenvalue weighted by atomic mass is 10.0. The van der Waals surface area contributed by atoms with E-state index in [0.29, 0.717) is 12.4 Å². The molecule has 2 N–H and O–H groups in total. The Morgan fingerprint density at radius 1 is 1.32 bits per heavy atom. The van der Waals surface area contributed by atoms with Crippen LogP contribution in [0.15, 0.2) is 30.5 Å². The van der Waals surface area contributed by atoms with Gasteiger partial charge in [0.15, 0.2) is 0 Å². The Balaban J connectivity index is 2.46. The van der Waals surface area contributed by atoms with Gasteiger partial charge in [-0.15, -0.1) is 6.42 Å². The molecule has 0 fully saturated rings. The van der Waals surface area contributed by atoms with E-state index in [1.807, 2.05) is 31.2 Å². The predicted octanol–water partition coefficient (Wildman–Crippen LogP) is 2.24. The second-order valence-electron chi connectivity index (χ2n) is 5.27. The highest BCUT2D eigenvalue weighted by atomic mass is 16.5. The van der Waals surface area contributed by atoms with Gasteiger partial charge in [0, 0.05) is 11.6 Å². The molecule has 7 nitrogen and oxygen atoms in total. The first kappa shape index (κ1) is 18.2. The highest BCUT2D eigenvalue weighted by Crippen LogP contribution is 2.29. The number of nitrogens with zero attached hydrogens (tertiary/aromatic N) is 1. The van der Waals surface area contributed by atoms with E-state index in [0.717, 1.165) is 10.9 Å². The topological polar surface area (TPSA) is 89.8 Å². The number of carbonyl (C=O) groups is 2. The largest absolute Gasteiger partial charge is 0.492 e. The Morgan fingerprint density at radius 3 is 2.64 bits per heavy atom. The summed E-state index contributed by atoms with van der Waals surface area (Å²) >= 11 is 0. The minimum Gasteiger partial charge on any atom is -0.492 e. The molecule has 0 aliphatic carbocycles. The highest BCUT2D eigenvalue weighted by molar-refractivity contribution is 5.90. The van der Waals surface area contributed by atoms with Crippen LogP contribution in [0.3, 0.4) is 0 Å². The molecule has 1 aromatic carbocycles. The Bertz CT molecular complexity index is 820. The maximum atomic E-state index is 11.8. The van der Waals surface area contributed by atoms with E-state index in [4.69, 9.17) is 15.9 Å². The molecule has 0 radical (unpaired) electrons. The number of alkyl carbamates (subject to hydrolysis) is 1. The van der Waals surface area contributed by atoms with Crippen LogP contribution < -0.4 is 10.1 Å². The monoisotopic (exact) mass is 344 g/mol. The molecule has 7 heteroatoms. The Labute approximate surface area is 145 Å². The van der Waals surface area contributed by atoms with Gasteiger partial charge in [-0.1, -0.05) is 18.1 Å². The van der Waals surface area contributed by atoms with Gasteiger partial charge in [0.05, 0.1) is 25.3 Å². The van der Waals surface area contributed by atoms with Crippen molar-refractivity contribution in [2.45, 2.75) is 25.9 Å². The van der Waals surface area contributed by atoms with Crippen LogP contribution in [0.25, 0.3) is 10.9 Å². The fourth-order valence-electron chi connectivity index (χ4n) is 2.52. The van der Waals surface area contributed by atoms with Gasteiger partial charge in [0.1, 0.15) is 5.75 Å². The van der Waals surface area contributed by atoms with E-state index in [-0.39, 0.29) is 13.2 Å². The van der Waals surface area contributed by atoms with Crippen molar-refractivity contribution in [3.63, 3.8) is 0 Å². The summed E-state index contributed by atoms with van der Waals surface area (Å²) in [7, 11) is 0. The van der Waals surface area contributed by atoms with Crippen molar-refractivity contribution in [1.82, 2.24) is 9.88 Å². The zero-order valence-electron chi connectivity index (χ0n) is 14.1. The van der Waals surface area contributed by atoms with Crippen molar-refractivity contribution in [3.8, 4) is 18.1 Å².